The quantitative estimate of drug-likeness (QED) is 0.895. The summed E-state index contributed by atoms with van der Waals surface area (Å²) in [7, 11) is -3.82. The highest BCUT2D eigenvalue weighted by atomic mass is 32.2. The first-order valence-electron chi connectivity index (χ1n) is 6.10. The van der Waals surface area contributed by atoms with E-state index >= 15 is 0 Å². The molecule has 1 unspecified atom stereocenters. The molecule has 106 valence electrons. The predicted molar refractivity (Wildman–Crippen MR) is 70.4 cm³/mol. The van der Waals surface area contributed by atoms with E-state index in [-0.39, 0.29) is 23.5 Å². The second-order valence-corrected chi connectivity index (χ2v) is 6.65. The van der Waals surface area contributed by atoms with Crippen molar-refractivity contribution in [2.45, 2.75) is 18.2 Å². The van der Waals surface area contributed by atoms with Crippen molar-refractivity contribution in [2.75, 3.05) is 13.1 Å². The maximum atomic E-state index is 12.5. The van der Waals surface area contributed by atoms with E-state index < -0.39 is 21.9 Å². The lowest BCUT2D eigenvalue weighted by molar-refractivity contribution is -0.141. The van der Waals surface area contributed by atoms with Crippen molar-refractivity contribution in [2.24, 2.45) is 5.92 Å². The molecule has 1 aromatic carbocycles. The Bertz CT molecular complexity index is 691. The topological polar surface area (TPSA) is 98.5 Å². The van der Waals surface area contributed by atoms with Gasteiger partial charge in [0.1, 0.15) is 11.0 Å². The van der Waals surface area contributed by atoms with Crippen LogP contribution in [0.25, 0.3) is 0 Å². The van der Waals surface area contributed by atoms with Crippen LogP contribution in [0.2, 0.25) is 0 Å². The number of carboxylic acids is 1. The molecule has 6 nitrogen and oxygen atoms in total. The summed E-state index contributed by atoms with van der Waals surface area (Å²) in [6.45, 7) is 1.79. The molecule has 7 heteroatoms. The zero-order valence-corrected chi connectivity index (χ0v) is 11.7. The van der Waals surface area contributed by atoms with E-state index in [1.807, 2.05) is 6.07 Å². The van der Waals surface area contributed by atoms with Gasteiger partial charge in [0.2, 0.25) is 10.0 Å². The number of carbonyl (C=O) groups is 1. The van der Waals surface area contributed by atoms with Gasteiger partial charge in [0.15, 0.2) is 0 Å². The minimum Gasteiger partial charge on any atom is -0.481 e. The van der Waals surface area contributed by atoms with Crippen LogP contribution in [0.1, 0.15) is 17.5 Å². The monoisotopic (exact) mass is 294 g/mol. The molecule has 1 aromatic rings. The van der Waals surface area contributed by atoms with Crippen molar-refractivity contribution in [3.8, 4) is 6.07 Å². The van der Waals surface area contributed by atoms with Gasteiger partial charge in [-0.05, 0) is 25.0 Å². The first-order chi connectivity index (χ1) is 9.37. The number of aryl methyl sites for hydroxylation is 1. The van der Waals surface area contributed by atoms with E-state index in [2.05, 4.69) is 0 Å². The fourth-order valence-corrected chi connectivity index (χ4v) is 4.00. The number of nitrogens with zero attached hydrogens (tertiary/aromatic N) is 2. The maximum absolute atomic E-state index is 12.5. The molecule has 1 fully saturated rings. The minimum absolute atomic E-state index is 0.0452. The predicted octanol–water partition coefficient (Wildman–Crippen LogP) is 0.962. The summed E-state index contributed by atoms with van der Waals surface area (Å²) in [5.41, 5.74) is 0.703. The molecule has 1 saturated heterocycles. The number of hydrogen-bond acceptors (Lipinski definition) is 4. The highest BCUT2D eigenvalue weighted by molar-refractivity contribution is 7.89. The second kappa shape index (κ2) is 5.23. The van der Waals surface area contributed by atoms with Crippen LogP contribution in [0.15, 0.2) is 23.1 Å². The molecule has 0 bridgehead atoms. The molecule has 0 amide bonds. The molecule has 1 aliphatic rings. The Labute approximate surface area is 117 Å². The third-order valence-electron chi connectivity index (χ3n) is 3.46. The van der Waals surface area contributed by atoms with Gasteiger partial charge in [-0.25, -0.2) is 8.42 Å². The molecule has 20 heavy (non-hydrogen) atoms. The summed E-state index contributed by atoms with van der Waals surface area (Å²) >= 11 is 0. The zero-order valence-electron chi connectivity index (χ0n) is 10.9. The molecular formula is C13H14N2O4S. The number of sulfonamides is 1. The molecule has 0 radical (unpaired) electrons. The zero-order chi connectivity index (χ0) is 14.9. The van der Waals surface area contributed by atoms with E-state index in [1.165, 1.54) is 6.07 Å². The molecule has 1 N–H and O–H groups in total. The van der Waals surface area contributed by atoms with Gasteiger partial charge in [0.25, 0.3) is 0 Å². The first-order valence-corrected chi connectivity index (χ1v) is 7.54. The molecule has 2 rings (SSSR count). The minimum atomic E-state index is -3.82. The van der Waals surface area contributed by atoms with Crippen molar-refractivity contribution in [3.05, 3.63) is 29.3 Å². The lowest BCUT2D eigenvalue weighted by atomic mass is 10.1. The highest BCUT2D eigenvalue weighted by Gasteiger charge is 2.36. The molecule has 1 atom stereocenters. The summed E-state index contributed by atoms with van der Waals surface area (Å²) in [5, 5.41) is 18.1. The van der Waals surface area contributed by atoms with E-state index in [9.17, 15) is 13.2 Å². The number of carboxylic acid groups (broad SMARTS) is 1. The molecule has 1 heterocycles. The summed E-state index contributed by atoms with van der Waals surface area (Å²) in [6, 6.07) is 6.53. The van der Waals surface area contributed by atoms with Crippen LogP contribution in [0, 0.1) is 24.2 Å². The normalized spacial score (nSPS) is 19.7. The number of hydrogen-bond donors (Lipinski definition) is 1. The highest BCUT2D eigenvalue weighted by Crippen LogP contribution is 2.27. The average molecular weight is 294 g/mol. The molecule has 0 saturated carbocycles. The summed E-state index contributed by atoms with van der Waals surface area (Å²) in [6.07, 6.45) is 0.294. The molecule has 0 aromatic heterocycles. The van der Waals surface area contributed by atoms with Crippen LogP contribution in [0.4, 0.5) is 0 Å². The van der Waals surface area contributed by atoms with Crippen molar-refractivity contribution in [3.63, 3.8) is 0 Å². The Hall–Kier alpha value is -1.91. The van der Waals surface area contributed by atoms with Gasteiger partial charge in [0.05, 0.1) is 11.5 Å². The average Bonchev–Trinajstić information content (AvgIpc) is 2.88. The van der Waals surface area contributed by atoms with Gasteiger partial charge in [-0.2, -0.15) is 9.57 Å². The Balaban J connectivity index is 2.41. The summed E-state index contributed by atoms with van der Waals surface area (Å²) < 4.78 is 26.2. The maximum Gasteiger partial charge on any atom is 0.307 e. The number of nitriles is 1. The number of rotatable bonds is 3. The van der Waals surface area contributed by atoms with Crippen molar-refractivity contribution < 1.29 is 18.3 Å². The lowest BCUT2D eigenvalue weighted by Gasteiger charge is -2.17. The fraction of sp³-hybridized carbons (Fsp3) is 0.385. The van der Waals surface area contributed by atoms with Gasteiger partial charge < -0.3 is 5.11 Å². The second-order valence-electron chi connectivity index (χ2n) is 4.75. The van der Waals surface area contributed by atoms with Gasteiger partial charge in [0, 0.05) is 13.1 Å². The van der Waals surface area contributed by atoms with E-state index in [0.29, 0.717) is 12.0 Å². The SMILES string of the molecule is Cc1cccc(S(=O)(=O)N2CCC(C(=O)O)C2)c1C#N. The molecule has 0 aliphatic carbocycles. The van der Waals surface area contributed by atoms with Crippen molar-refractivity contribution in [1.29, 1.82) is 5.26 Å². The van der Waals surface area contributed by atoms with Crippen molar-refractivity contribution >= 4 is 16.0 Å². The van der Waals surface area contributed by atoms with Crippen LogP contribution in [-0.4, -0.2) is 36.9 Å². The molecular weight excluding hydrogens is 280 g/mol. The fourth-order valence-electron chi connectivity index (χ4n) is 2.29. The smallest absolute Gasteiger partial charge is 0.307 e. The van der Waals surface area contributed by atoms with E-state index in [1.54, 1.807) is 19.1 Å². The molecule has 1 aliphatic heterocycles. The van der Waals surface area contributed by atoms with Gasteiger partial charge in [-0.15, -0.1) is 0 Å². The van der Waals surface area contributed by atoms with Crippen LogP contribution in [0.5, 0.6) is 0 Å². The summed E-state index contributed by atoms with van der Waals surface area (Å²) in [5.74, 6) is -1.67. The Morgan fingerprint density at radius 3 is 2.75 bits per heavy atom. The third-order valence-corrected chi connectivity index (χ3v) is 5.37. The van der Waals surface area contributed by atoms with E-state index in [0.717, 1.165) is 4.31 Å². The van der Waals surface area contributed by atoms with Crippen LogP contribution in [-0.2, 0) is 14.8 Å². The Kier molecular flexibility index (Phi) is 3.79. The first kappa shape index (κ1) is 14.5. The van der Waals surface area contributed by atoms with Gasteiger partial charge >= 0.3 is 5.97 Å². The summed E-state index contributed by atoms with van der Waals surface area (Å²) in [4.78, 5) is 10.9. The lowest BCUT2D eigenvalue weighted by Crippen LogP contribution is -2.30. The van der Waals surface area contributed by atoms with Gasteiger partial charge in [-0.3, -0.25) is 4.79 Å². The van der Waals surface area contributed by atoms with Crippen LogP contribution in [0.3, 0.4) is 0 Å². The standard InChI is InChI=1S/C13H14N2O4S/c1-9-3-2-4-12(11(9)7-14)20(18,19)15-6-5-10(8-15)13(16)17/h2-4,10H,5-6,8H2,1H3,(H,16,17). The van der Waals surface area contributed by atoms with E-state index in [4.69, 9.17) is 10.4 Å². The van der Waals surface area contributed by atoms with Crippen LogP contribution >= 0.6 is 0 Å². The van der Waals surface area contributed by atoms with Gasteiger partial charge in [-0.1, -0.05) is 12.1 Å². The number of aliphatic carboxylic acids is 1. The Morgan fingerprint density at radius 1 is 1.50 bits per heavy atom. The largest absolute Gasteiger partial charge is 0.481 e. The Morgan fingerprint density at radius 2 is 2.20 bits per heavy atom. The van der Waals surface area contributed by atoms with Crippen LogP contribution < -0.4 is 0 Å². The molecule has 0 spiro atoms. The van der Waals surface area contributed by atoms with Crippen molar-refractivity contribution in [1.82, 2.24) is 4.31 Å². The number of benzene rings is 1. The third kappa shape index (κ3) is 2.40.